The molecule has 1 unspecified atom stereocenters. The second kappa shape index (κ2) is 11.0. The Labute approximate surface area is 164 Å². The maximum absolute atomic E-state index is 12.0. The molecule has 140 valence electrons. The molecule has 0 aliphatic rings. The Morgan fingerprint density at radius 3 is 2.42 bits per heavy atom. The van der Waals surface area contributed by atoms with Gasteiger partial charge in [0.25, 0.3) is 0 Å². The third-order valence-electron chi connectivity index (χ3n) is 3.61. The number of thioether (sulfide) groups is 1. The topological polar surface area (TPSA) is 47.6 Å². The highest BCUT2D eigenvalue weighted by Crippen LogP contribution is 2.22. The SMILES string of the molecule is CCOc1ccc(OCCSCC(=O)NC(C)c2ccccc2Cl)cc1. The van der Waals surface area contributed by atoms with Gasteiger partial charge in [-0.3, -0.25) is 4.79 Å². The maximum Gasteiger partial charge on any atom is 0.230 e. The van der Waals surface area contributed by atoms with Gasteiger partial charge in [0, 0.05) is 10.8 Å². The summed E-state index contributed by atoms with van der Waals surface area (Å²) in [5.41, 5.74) is 0.923. The summed E-state index contributed by atoms with van der Waals surface area (Å²) >= 11 is 7.69. The number of rotatable bonds is 10. The Morgan fingerprint density at radius 2 is 1.77 bits per heavy atom. The summed E-state index contributed by atoms with van der Waals surface area (Å²) < 4.78 is 11.1. The molecular formula is C20H24ClNO3S. The monoisotopic (exact) mass is 393 g/mol. The molecule has 0 spiro atoms. The quantitative estimate of drug-likeness (QED) is 0.593. The van der Waals surface area contributed by atoms with E-state index in [9.17, 15) is 4.79 Å². The number of benzene rings is 2. The molecule has 2 rings (SSSR count). The van der Waals surface area contributed by atoms with Crippen LogP contribution in [-0.2, 0) is 4.79 Å². The van der Waals surface area contributed by atoms with Crippen molar-refractivity contribution in [2.24, 2.45) is 0 Å². The number of nitrogens with one attached hydrogen (secondary N) is 1. The second-order valence-electron chi connectivity index (χ2n) is 5.62. The first-order valence-corrected chi connectivity index (χ1v) is 10.1. The van der Waals surface area contributed by atoms with Gasteiger partial charge in [-0.25, -0.2) is 0 Å². The van der Waals surface area contributed by atoms with Gasteiger partial charge in [-0.05, 0) is 49.7 Å². The van der Waals surface area contributed by atoms with E-state index in [1.807, 2.05) is 62.4 Å². The molecule has 0 fully saturated rings. The number of halogens is 1. The zero-order valence-corrected chi connectivity index (χ0v) is 16.6. The molecule has 0 saturated carbocycles. The number of ether oxygens (including phenoxy) is 2. The zero-order valence-electron chi connectivity index (χ0n) is 15.0. The van der Waals surface area contributed by atoms with E-state index >= 15 is 0 Å². The van der Waals surface area contributed by atoms with Crippen molar-refractivity contribution < 1.29 is 14.3 Å². The fourth-order valence-corrected chi connectivity index (χ4v) is 3.28. The van der Waals surface area contributed by atoms with Crippen LogP contribution in [0.1, 0.15) is 25.5 Å². The summed E-state index contributed by atoms with van der Waals surface area (Å²) in [6, 6.07) is 15.0. The summed E-state index contributed by atoms with van der Waals surface area (Å²) in [5, 5.41) is 3.63. The number of hydrogen-bond acceptors (Lipinski definition) is 4. The summed E-state index contributed by atoms with van der Waals surface area (Å²) in [4.78, 5) is 12.0. The van der Waals surface area contributed by atoms with Crippen LogP contribution in [0.15, 0.2) is 48.5 Å². The molecule has 0 aromatic heterocycles. The molecule has 0 heterocycles. The van der Waals surface area contributed by atoms with E-state index in [1.54, 1.807) is 0 Å². The standard InChI is InChI=1S/C20H24ClNO3S/c1-3-24-16-8-10-17(11-9-16)25-12-13-26-14-20(23)22-15(2)18-6-4-5-7-19(18)21/h4-11,15H,3,12-14H2,1-2H3,(H,22,23). The molecule has 1 amide bonds. The van der Waals surface area contributed by atoms with Crippen molar-refractivity contribution in [1.82, 2.24) is 5.32 Å². The minimum Gasteiger partial charge on any atom is -0.494 e. The van der Waals surface area contributed by atoms with Crippen molar-refractivity contribution in [2.75, 3.05) is 24.7 Å². The Bertz CT molecular complexity index is 694. The summed E-state index contributed by atoms with van der Waals surface area (Å²) in [5.74, 6) is 2.75. The normalized spacial score (nSPS) is 11.7. The molecule has 0 radical (unpaired) electrons. The molecule has 2 aromatic carbocycles. The molecule has 0 saturated heterocycles. The summed E-state index contributed by atoms with van der Waals surface area (Å²) in [6.07, 6.45) is 0. The first-order chi connectivity index (χ1) is 12.6. The lowest BCUT2D eigenvalue weighted by molar-refractivity contribution is -0.119. The van der Waals surface area contributed by atoms with E-state index in [-0.39, 0.29) is 11.9 Å². The molecule has 1 atom stereocenters. The highest BCUT2D eigenvalue weighted by atomic mass is 35.5. The Morgan fingerprint density at radius 1 is 1.12 bits per heavy atom. The lowest BCUT2D eigenvalue weighted by Gasteiger charge is -2.15. The molecule has 0 aliphatic heterocycles. The predicted molar refractivity (Wildman–Crippen MR) is 108 cm³/mol. The average Bonchev–Trinajstić information content (AvgIpc) is 2.63. The minimum atomic E-state index is -0.114. The van der Waals surface area contributed by atoms with Gasteiger partial charge in [-0.1, -0.05) is 29.8 Å². The van der Waals surface area contributed by atoms with Crippen LogP contribution in [0.2, 0.25) is 5.02 Å². The van der Waals surface area contributed by atoms with Crippen molar-refractivity contribution in [1.29, 1.82) is 0 Å². The lowest BCUT2D eigenvalue weighted by Crippen LogP contribution is -2.28. The van der Waals surface area contributed by atoms with Gasteiger partial charge >= 0.3 is 0 Å². The minimum absolute atomic E-state index is 0.0107. The Hall–Kier alpha value is -1.85. The molecule has 0 aliphatic carbocycles. The second-order valence-corrected chi connectivity index (χ2v) is 7.13. The van der Waals surface area contributed by atoms with E-state index in [0.717, 1.165) is 22.8 Å². The zero-order chi connectivity index (χ0) is 18.8. The smallest absolute Gasteiger partial charge is 0.230 e. The van der Waals surface area contributed by atoms with E-state index in [1.165, 1.54) is 11.8 Å². The van der Waals surface area contributed by atoms with Crippen LogP contribution in [-0.4, -0.2) is 30.6 Å². The van der Waals surface area contributed by atoms with E-state index in [4.69, 9.17) is 21.1 Å². The van der Waals surface area contributed by atoms with Gasteiger partial charge < -0.3 is 14.8 Å². The van der Waals surface area contributed by atoms with Gasteiger partial charge in [0.1, 0.15) is 11.5 Å². The van der Waals surface area contributed by atoms with Gasteiger partial charge in [-0.2, -0.15) is 0 Å². The predicted octanol–water partition coefficient (Wildman–Crippen LogP) is 4.73. The molecular weight excluding hydrogens is 370 g/mol. The number of carbonyl (C=O) groups excluding carboxylic acids is 1. The van der Waals surface area contributed by atoms with Gasteiger partial charge in [0.05, 0.1) is 25.0 Å². The highest BCUT2D eigenvalue weighted by Gasteiger charge is 2.12. The van der Waals surface area contributed by atoms with Crippen molar-refractivity contribution >= 4 is 29.3 Å². The third-order valence-corrected chi connectivity index (χ3v) is 4.88. The number of hydrogen-bond donors (Lipinski definition) is 1. The van der Waals surface area contributed by atoms with Gasteiger partial charge in [0.2, 0.25) is 5.91 Å². The molecule has 4 nitrogen and oxygen atoms in total. The summed E-state index contributed by atoms with van der Waals surface area (Å²) in [7, 11) is 0. The van der Waals surface area contributed by atoms with Crippen LogP contribution in [0.5, 0.6) is 11.5 Å². The third kappa shape index (κ3) is 6.81. The van der Waals surface area contributed by atoms with Crippen molar-refractivity contribution in [3.63, 3.8) is 0 Å². The maximum atomic E-state index is 12.0. The fourth-order valence-electron chi connectivity index (χ4n) is 2.37. The van der Waals surface area contributed by atoms with Crippen LogP contribution < -0.4 is 14.8 Å². The van der Waals surface area contributed by atoms with Crippen molar-refractivity contribution in [2.45, 2.75) is 19.9 Å². The van der Waals surface area contributed by atoms with Crippen LogP contribution in [0.25, 0.3) is 0 Å². The van der Waals surface area contributed by atoms with Crippen molar-refractivity contribution in [3.05, 3.63) is 59.1 Å². The van der Waals surface area contributed by atoms with Crippen LogP contribution in [0.4, 0.5) is 0 Å². The molecule has 0 bridgehead atoms. The van der Waals surface area contributed by atoms with E-state index in [0.29, 0.717) is 24.0 Å². The van der Waals surface area contributed by atoms with Gasteiger partial charge in [-0.15, -0.1) is 11.8 Å². The van der Waals surface area contributed by atoms with E-state index in [2.05, 4.69) is 5.32 Å². The first kappa shape index (κ1) is 20.5. The Kier molecular flexibility index (Phi) is 8.65. The van der Waals surface area contributed by atoms with Crippen molar-refractivity contribution in [3.8, 4) is 11.5 Å². The van der Waals surface area contributed by atoms with Crippen LogP contribution >= 0.6 is 23.4 Å². The summed E-state index contributed by atoms with van der Waals surface area (Å²) in [6.45, 7) is 5.08. The number of carbonyl (C=O) groups is 1. The Balaban J connectivity index is 1.63. The first-order valence-electron chi connectivity index (χ1n) is 8.57. The molecule has 1 N–H and O–H groups in total. The highest BCUT2D eigenvalue weighted by molar-refractivity contribution is 7.99. The lowest BCUT2D eigenvalue weighted by atomic mass is 10.1. The molecule has 6 heteroatoms. The molecule has 26 heavy (non-hydrogen) atoms. The van der Waals surface area contributed by atoms with E-state index < -0.39 is 0 Å². The average molecular weight is 394 g/mol. The fraction of sp³-hybridized carbons (Fsp3) is 0.350. The van der Waals surface area contributed by atoms with Gasteiger partial charge in [0.15, 0.2) is 0 Å². The molecule has 2 aromatic rings. The van der Waals surface area contributed by atoms with Crippen LogP contribution in [0.3, 0.4) is 0 Å². The largest absolute Gasteiger partial charge is 0.494 e. The number of amides is 1. The van der Waals surface area contributed by atoms with Crippen LogP contribution in [0, 0.1) is 0 Å².